The Morgan fingerprint density at radius 3 is 1.84 bits per heavy atom. The molecule has 2 aliphatic rings. The number of hydrogen-bond donors (Lipinski definition) is 2. The van der Waals surface area contributed by atoms with Gasteiger partial charge in [0.25, 0.3) is 11.8 Å². The molecule has 0 heterocycles. The fourth-order valence-electron chi connectivity index (χ4n) is 4.09. The van der Waals surface area contributed by atoms with E-state index in [9.17, 15) is 9.59 Å². The lowest BCUT2D eigenvalue weighted by Gasteiger charge is -2.24. The molecule has 0 unspecified atom stereocenters. The van der Waals surface area contributed by atoms with E-state index in [1.54, 1.807) is 12.1 Å². The number of amides is 2. The molecule has 2 aliphatic carbocycles. The number of carbonyl (C=O) groups excluding carboxylic acids is 2. The largest absolute Gasteiger partial charge is 0.349 e. The van der Waals surface area contributed by atoms with Crippen LogP contribution in [0.1, 0.15) is 90.5 Å². The summed E-state index contributed by atoms with van der Waals surface area (Å²) in [5.41, 5.74) is 2.20. The van der Waals surface area contributed by atoms with Crippen LogP contribution in [0.15, 0.2) is 18.2 Å². The highest BCUT2D eigenvalue weighted by molar-refractivity contribution is 5.99. The van der Waals surface area contributed by atoms with Crippen LogP contribution in [0.2, 0.25) is 0 Å². The summed E-state index contributed by atoms with van der Waals surface area (Å²) in [7, 11) is 0. The average Bonchev–Trinajstić information content (AvgIpc) is 2.63. The molecule has 1 aromatic carbocycles. The van der Waals surface area contributed by atoms with Crippen molar-refractivity contribution in [2.24, 2.45) is 0 Å². The standard InChI is InChI=1S/C21H30N2O2/c1-15-14-16(20(24)22-17-8-4-2-5-9-17)12-13-19(15)21(25)23-18-10-6-3-7-11-18/h12-14,17-18H,2-11H2,1H3,(H,22,24)(H,23,25). The van der Waals surface area contributed by atoms with Crippen LogP contribution in [0, 0.1) is 6.92 Å². The molecule has 136 valence electrons. The molecule has 0 saturated heterocycles. The van der Waals surface area contributed by atoms with E-state index in [1.807, 2.05) is 13.0 Å². The maximum absolute atomic E-state index is 12.5. The van der Waals surface area contributed by atoms with E-state index in [1.165, 1.54) is 38.5 Å². The van der Waals surface area contributed by atoms with E-state index in [0.29, 0.717) is 23.2 Å². The lowest BCUT2D eigenvalue weighted by Crippen LogP contribution is -2.37. The predicted molar refractivity (Wildman–Crippen MR) is 99.9 cm³/mol. The second-order valence-electron chi connectivity index (χ2n) is 7.65. The van der Waals surface area contributed by atoms with E-state index in [4.69, 9.17) is 0 Å². The maximum atomic E-state index is 12.5. The van der Waals surface area contributed by atoms with Crippen LogP contribution in [-0.4, -0.2) is 23.9 Å². The zero-order valence-electron chi connectivity index (χ0n) is 15.3. The van der Waals surface area contributed by atoms with Gasteiger partial charge in [-0.15, -0.1) is 0 Å². The Hall–Kier alpha value is -1.84. The van der Waals surface area contributed by atoms with Gasteiger partial charge in [-0.1, -0.05) is 38.5 Å². The molecule has 0 spiro atoms. The SMILES string of the molecule is Cc1cc(C(=O)NC2CCCCC2)ccc1C(=O)NC1CCCCC1. The smallest absolute Gasteiger partial charge is 0.251 e. The zero-order chi connectivity index (χ0) is 17.6. The highest BCUT2D eigenvalue weighted by atomic mass is 16.2. The lowest BCUT2D eigenvalue weighted by atomic mass is 9.94. The summed E-state index contributed by atoms with van der Waals surface area (Å²) in [6.45, 7) is 1.91. The van der Waals surface area contributed by atoms with Crippen LogP contribution < -0.4 is 10.6 Å². The summed E-state index contributed by atoms with van der Waals surface area (Å²) < 4.78 is 0. The molecule has 0 aliphatic heterocycles. The van der Waals surface area contributed by atoms with Gasteiger partial charge in [0.05, 0.1) is 0 Å². The highest BCUT2D eigenvalue weighted by Gasteiger charge is 2.20. The third-order valence-electron chi connectivity index (χ3n) is 5.61. The number of aryl methyl sites for hydroxylation is 1. The van der Waals surface area contributed by atoms with Gasteiger partial charge in [0.15, 0.2) is 0 Å². The Morgan fingerprint density at radius 2 is 1.32 bits per heavy atom. The van der Waals surface area contributed by atoms with Crippen LogP contribution in [0.5, 0.6) is 0 Å². The Bertz CT molecular complexity index is 614. The Kier molecular flexibility index (Phi) is 6.11. The third-order valence-corrected chi connectivity index (χ3v) is 5.61. The Balaban J connectivity index is 1.61. The third kappa shape index (κ3) is 4.83. The van der Waals surface area contributed by atoms with Crippen LogP contribution in [0.4, 0.5) is 0 Å². The van der Waals surface area contributed by atoms with Crippen LogP contribution >= 0.6 is 0 Å². The normalized spacial score (nSPS) is 19.4. The summed E-state index contributed by atoms with van der Waals surface area (Å²) in [4.78, 5) is 25.0. The van der Waals surface area contributed by atoms with Crippen molar-refractivity contribution in [1.82, 2.24) is 10.6 Å². The summed E-state index contributed by atoms with van der Waals surface area (Å²) in [6, 6.07) is 6.02. The van der Waals surface area contributed by atoms with Crippen LogP contribution in [0.3, 0.4) is 0 Å². The van der Waals surface area contributed by atoms with Gasteiger partial charge in [0, 0.05) is 23.2 Å². The van der Waals surface area contributed by atoms with Gasteiger partial charge in [-0.3, -0.25) is 9.59 Å². The summed E-state index contributed by atoms with van der Waals surface area (Å²) in [5, 5.41) is 6.29. The fraction of sp³-hybridized carbons (Fsp3) is 0.619. The summed E-state index contributed by atoms with van der Waals surface area (Å²) >= 11 is 0. The molecule has 0 atom stereocenters. The van der Waals surface area contributed by atoms with Crippen molar-refractivity contribution in [3.63, 3.8) is 0 Å². The second kappa shape index (κ2) is 8.50. The molecule has 2 saturated carbocycles. The first-order valence-corrected chi connectivity index (χ1v) is 9.86. The molecule has 2 N–H and O–H groups in total. The number of hydrogen-bond acceptors (Lipinski definition) is 2. The molecule has 0 radical (unpaired) electrons. The number of benzene rings is 1. The Labute approximate surface area is 150 Å². The second-order valence-corrected chi connectivity index (χ2v) is 7.65. The zero-order valence-corrected chi connectivity index (χ0v) is 15.3. The van der Waals surface area contributed by atoms with Crippen molar-refractivity contribution < 1.29 is 9.59 Å². The van der Waals surface area contributed by atoms with Gasteiger partial charge in [0.2, 0.25) is 0 Å². The van der Waals surface area contributed by atoms with Crippen molar-refractivity contribution >= 4 is 11.8 Å². The molecular weight excluding hydrogens is 312 g/mol. The summed E-state index contributed by atoms with van der Waals surface area (Å²) in [5.74, 6) is -0.0297. The van der Waals surface area contributed by atoms with E-state index in [2.05, 4.69) is 10.6 Å². The minimum Gasteiger partial charge on any atom is -0.349 e. The molecule has 0 bridgehead atoms. The van der Waals surface area contributed by atoms with Gasteiger partial charge >= 0.3 is 0 Å². The van der Waals surface area contributed by atoms with Gasteiger partial charge in [0.1, 0.15) is 0 Å². The van der Waals surface area contributed by atoms with Crippen molar-refractivity contribution in [2.45, 2.75) is 83.2 Å². The monoisotopic (exact) mass is 342 g/mol. The first-order chi connectivity index (χ1) is 12.1. The first kappa shape index (κ1) is 18.0. The quantitative estimate of drug-likeness (QED) is 0.865. The average molecular weight is 342 g/mol. The van der Waals surface area contributed by atoms with E-state index < -0.39 is 0 Å². The van der Waals surface area contributed by atoms with Crippen LogP contribution in [0.25, 0.3) is 0 Å². The van der Waals surface area contributed by atoms with Gasteiger partial charge in [-0.05, 0) is 56.4 Å². The molecule has 4 heteroatoms. The van der Waals surface area contributed by atoms with Crippen LogP contribution in [-0.2, 0) is 0 Å². The lowest BCUT2D eigenvalue weighted by molar-refractivity contribution is 0.0915. The van der Waals surface area contributed by atoms with Gasteiger partial charge in [-0.2, -0.15) is 0 Å². The first-order valence-electron chi connectivity index (χ1n) is 9.86. The van der Waals surface area contributed by atoms with Crippen molar-refractivity contribution in [3.8, 4) is 0 Å². The maximum Gasteiger partial charge on any atom is 0.251 e. The van der Waals surface area contributed by atoms with Crippen molar-refractivity contribution in [3.05, 3.63) is 34.9 Å². The number of carbonyl (C=O) groups is 2. The minimum atomic E-state index is -0.0192. The van der Waals surface area contributed by atoms with Gasteiger partial charge in [-0.25, -0.2) is 0 Å². The van der Waals surface area contributed by atoms with E-state index in [-0.39, 0.29) is 11.8 Å². The molecule has 3 rings (SSSR count). The highest BCUT2D eigenvalue weighted by Crippen LogP contribution is 2.20. The molecule has 4 nitrogen and oxygen atoms in total. The van der Waals surface area contributed by atoms with Crippen molar-refractivity contribution in [2.75, 3.05) is 0 Å². The molecule has 2 amide bonds. The van der Waals surface area contributed by atoms with Gasteiger partial charge < -0.3 is 10.6 Å². The summed E-state index contributed by atoms with van der Waals surface area (Å²) in [6.07, 6.45) is 11.6. The molecule has 25 heavy (non-hydrogen) atoms. The number of nitrogens with one attached hydrogen (secondary N) is 2. The number of rotatable bonds is 4. The Morgan fingerprint density at radius 1 is 0.800 bits per heavy atom. The van der Waals surface area contributed by atoms with E-state index in [0.717, 1.165) is 31.2 Å². The topological polar surface area (TPSA) is 58.2 Å². The minimum absolute atomic E-state index is 0.0105. The molecule has 1 aromatic rings. The van der Waals surface area contributed by atoms with E-state index >= 15 is 0 Å². The molecular formula is C21H30N2O2. The van der Waals surface area contributed by atoms with Crippen molar-refractivity contribution in [1.29, 1.82) is 0 Å². The predicted octanol–water partition coefficient (Wildman–Crippen LogP) is 4.12. The fourth-order valence-corrected chi connectivity index (χ4v) is 4.09. The molecule has 2 fully saturated rings. The molecule has 0 aromatic heterocycles.